The first-order chi connectivity index (χ1) is 11.5. The Morgan fingerprint density at radius 1 is 1.17 bits per heavy atom. The second-order valence-corrected chi connectivity index (χ2v) is 5.73. The van der Waals surface area contributed by atoms with Gasteiger partial charge in [-0.3, -0.25) is 14.7 Å². The Morgan fingerprint density at radius 2 is 1.92 bits per heavy atom. The largest absolute Gasteiger partial charge is 0.434 e. The van der Waals surface area contributed by atoms with Crippen molar-refractivity contribution in [3.63, 3.8) is 0 Å². The molecule has 0 aromatic carbocycles. The number of hydrogen-bond donors (Lipinski definition) is 0. The number of alkyl halides is 3. The number of aromatic nitrogens is 2. The summed E-state index contributed by atoms with van der Waals surface area (Å²) in [5.41, 5.74) is -1.51. The molecule has 130 valence electrons. The van der Waals surface area contributed by atoms with E-state index in [2.05, 4.69) is 9.88 Å². The van der Waals surface area contributed by atoms with Crippen molar-refractivity contribution in [2.75, 3.05) is 32.8 Å². The number of morpholine rings is 1. The molecule has 2 aromatic heterocycles. The first-order valence-electron chi connectivity index (χ1n) is 7.82. The second kappa shape index (κ2) is 6.90. The van der Waals surface area contributed by atoms with Crippen LogP contribution in [0.15, 0.2) is 29.3 Å². The van der Waals surface area contributed by atoms with Gasteiger partial charge in [0.2, 0.25) is 0 Å². The van der Waals surface area contributed by atoms with E-state index in [-0.39, 0.29) is 10.9 Å². The van der Waals surface area contributed by atoms with Crippen LogP contribution in [0.25, 0.3) is 10.9 Å². The minimum Gasteiger partial charge on any atom is -0.379 e. The van der Waals surface area contributed by atoms with Gasteiger partial charge in [0.1, 0.15) is 0 Å². The molecule has 0 spiro atoms. The van der Waals surface area contributed by atoms with Crippen molar-refractivity contribution in [3.8, 4) is 0 Å². The third-order valence-corrected chi connectivity index (χ3v) is 4.14. The topological polar surface area (TPSA) is 47.4 Å². The van der Waals surface area contributed by atoms with E-state index in [9.17, 15) is 18.0 Å². The highest BCUT2D eigenvalue weighted by molar-refractivity contribution is 5.81. The van der Waals surface area contributed by atoms with Gasteiger partial charge in [-0.25, -0.2) is 0 Å². The van der Waals surface area contributed by atoms with E-state index >= 15 is 0 Å². The first-order valence-corrected chi connectivity index (χ1v) is 7.82. The average molecular weight is 341 g/mol. The predicted octanol–water partition coefficient (Wildman–Crippen LogP) is 2.14. The molecule has 1 saturated heterocycles. The number of halogens is 3. The predicted molar refractivity (Wildman–Crippen MR) is 82.9 cm³/mol. The fraction of sp³-hybridized carbons (Fsp3) is 0.500. The van der Waals surface area contributed by atoms with Crippen molar-refractivity contribution in [1.82, 2.24) is 14.5 Å². The van der Waals surface area contributed by atoms with Crippen LogP contribution < -0.4 is 5.43 Å². The Kier molecular flexibility index (Phi) is 4.86. The zero-order valence-electron chi connectivity index (χ0n) is 13.1. The van der Waals surface area contributed by atoms with Crippen molar-refractivity contribution < 1.29 is 17.9 Å². The molecule has 24 heavy (non-hydrogen) atoms. The van der Waals surface area contributed by atoms with Gasteiger partial charge in [0.05, 0.1) is 24.1 Å². The average Bonchev–Trinajstić information content (AvgIpc) is 2.57. The van der Waals surface area contributed by atoms with Crippen LogP contribution in [-0.4, -0.2) is 47.3 Å². The summed E-state index contributed by atoms with van der Waals surface area (Å²) in [5, 5.41) is -0.362. The van der Waals surface area contributed by atoms with E-state index in [1.165, 1.54) is 12.1 Å². The van der Waals surface area contributed by atoms with Crippen molar-refractivity contribution in [2.45, 2.75) is 19.1 Å². The quantitative estimate of drug-likeness (QED) is 0.855. The Labute approximate surface area is 136 Å². The summed E-state index contributed by atoms with van der Waals surface area (Å²) in [4.78, 5) is 17.6. The number of fused-ring (bicyclic) bond motifs is 1. The number of pyridine rings is 2. The molecular formula is C16H18F3N3O2. The Bertz CT molecular complexity index is 767. The summed E-state index contributed by atoms with van der Waals surface area (Å²) < 4.78 is 46.3. The number of nitrogens with zero attached hydrogens (tertiary/aromatic N) is 3. The van der Waals surface area contributed by atoms with E-state index in [1.807, 2.05) is 0 Å². The van der Waals surface area contributed by atoms with Gasteiger partial charge in [-0.15, -0.1) is 0 Å². The Balaban J connectivity index is 1.84. The van der Waals surface area contributed by atoms with E-state index in [0.29, 0.717) is 19.8 Å². The molecule has 3 rings (SSSR count). The maximum Gasteiger partial charge on any atom is 0.434 e. The van der Waals surface area contributed by atoms with Crippen molar-refractivity contribution >= 4 is 10.9 Å². The molecule has 1 fully saturated rings. The van der Waals surface area contributed by atoms with E-state index in [1.54, 1.807) is 10.8 Å². The van der Waals surface area contributed by atoms with Crippen molar-refractivity contribution in [2.24, 2.45) is 0 Å². The third kappa shape index (κ3) is 3.59. The maximum absolute atomic E-state index is 13.1. The lowest BCUT2D eigenvalue weighted by molar-refractivity contribution is -0.139. The lowest BCUT2D eigenvalue weighted by atomic mass is 10.1. The third-order valence-electron chi connectivity index (χ3n) is 4.14. The van der Waals surface area contributed by atoms with Crippen LogP contribution in [0.5, 0.6) is 0 Å². The highest BCUT2D eigenvalue weighted by atomic mass is 19.4. The van der Waals surface area contributed by atoms with Crippen LogP contribution in [0.3, 0.4) is 0 Å². The van der Waals surface area contributed by atoms with Gasteiger partial charge in [0.25, 0.3) is 0 Å². The standard InChI is InChI=1S/C16H18F3N3O2/c17-16(18,19)15-14-12(2-4-20-15)22(7-3-13(14)23)6-1-5-21-8-10-24-11-9-21/h2-4,7H,1,5-6,8-11H2. The first kappa shape index (κ1) is 16.9. The summed E-state index contributed by atoms with van der Waals surface area (Å²) in [5.74, 6) is 0. The van der Waals surface area contributed by atoms with Crippen LogP contribution in [0.4, 0.5) is 13.2 Å². The lowest BCUT2D eigenvalue weighted by Gasteiger charge is -2.26. The summed E-state index contributed by atoms with van der Waals surface area (Å²) in [6.45, 7) is 4.53. The molecule has 0 atom stereocenters. The number of ether oxygens (including phenoxy) is 1. The summed E-state index contributed by atoms with van der Waals surface area (Å²) in [7, 11) is 0. The van der Waals surface area contributed by atoms with Gasteiger partial charge in [0.15, 0.2) is 11.1 Å². The second-order valence-electron chi connectivity index (χ2n) is 5.73. The van der Waals surface area contributed by atoms with Crippen molar-refractivity contribution in [3.05, 3.63) is 40.4 Å². The van der Waals surface area contributed by atoms with Crippen LogP contribution in [0, 0.1) is 0 Å². The minimum atomic E-state index is -4.65. The van der Waals surface area contributed by atoms with Gasteiger partial charge in [-0.2, -0.15) is 13.2 Å². The molecule has 0 aliphatic carbocycles. The molecule has 8 heteroatoms. The van der Waals surface area contributed by atoms with Gasteiger partial charge in [-0.1, -0.05) is 0 Å². The number of hydrogen-bond acceptors (Lipinski definition) is 4. The fourth-order valence-corrected chi connectivity index (χ4v) is 2.95. The molecule has 0 bridgehead atoms. The van der Waals surface area contributed by atoms with Crippen LogP contribution >= 0.6 is 0 Å². The van der Waals surface area contributed by atoms with Crippen LogP contribution in [0.2, 0.25) is 0 Å². The fourth-order valence-electron chi connectivity index (χ4n) is 2.95. The van der Waals surface area contributed by atoms with E-state index in [0.717, 1.165) is 32.3 Å². The Hall–Kier alpha value is -1.93. The van der Waals surface area contributed by atoms with Gasteiger partial charge in [0, 0.05) is 44.6 Å². The molecule has 0 radical (unpaired) electrons. The monoisotopic (exact) mass is 341 g/mol. The number of aryl methyl sites for hydroxylation is 1. The van der Waals surface area contributed by atoms with E-state index in [4.69, 9.17) is 4.74 Å². The molecule has 0 saturated carbocycles. The summed E-state index contributed by atoms with van der Waals surface area (Å²) in [6, 6.07) is 2.63. The lowest BCUT2D eigenvalue weighted by Crippen LogP contribution is -2.37. The Morgan fingerprint density at radius 3 is 2.62 bits per heavy atom. The smallest absolute Gasteiger partial charge is 0.379 e. The highest BCUT2D eigenvalue weighted by Crippen LogP contribution is 2.31. The van der Waals surface area contributed by atoms with Crippen LogP contribution in [-0.2, 0) is 17.5 Å². The summed E-state index contributed by atoms with van der Waals surface area (Å²) >= 11 is 0. The van der Waals surface area contributed by atoms with Gasteiger partial charge < -0.3 is 9.30 Å². The maximum atomic E-state index is 13.1. The molecule has 1 aliphatic heterocycles. The molecule has 1 aliphatic rings. The van der Waals surface area contributed by atoms with Gasteiger partial charge >= 0.3 is 6.18 Å². The SMILES string of the molecule is O=c1ccn(CCCN2CCOCC2)c2ccnc(C(F)(F)F)c12. The zero-order valence-corrected chi connectivity index (χ0v) is 13.1. The summed E-state index contributed by atoms with van der Waals surface area (Å²) in [6.07, 6.45) is -1.22. The number of rotatable bonds is 4. The molecule has 3 heterocycles. The van der Waals surface area contributed by atoms with E-state index < -0.39 is 17.3 Å². The minimum absolute atomic E-state index is 0.270. The molecular weight excluding hydrogens is 323 g/mol. The molecule has 2 aromatic rings. The van der Waals surface area contributed by atoms with Crippen molar-refractivity contribution in [1.29, 1.82) is 0 Å². The molecule has 5 nitrogen and oxygen atoms in total. The molecule has 0 amide bonds. The van der Waals surface area contributed by atoms with Gasteiger partial charge in [-0.05, 0) is 12.5 Å². The zero-order chi connectivity index (χ0) is 17.2. The molecule has 0 N–H and O–H groups in total. The van der Waals surface area contributed by atoms with Crippen LogP contribution in [0.1, 0.15) is 12.1 Å². The normalized spacial score (nSPS) is 16.6. The highest BCUT2D eigenvalue weighted by Gasteiger charge is 2.35. The molecule has 0 unspecified atom stereocenters.